The number of ketones is 1. The van der Waals surface area contributed by atoms with Gasteiger partial charge in [0, 0.05) is 12.3 Å². The summed E-state index contributed by atoms with van der Waals surface area (Å²) in [5.41, 5.74) is 0. The molecule has 0 amide bonds. The fourth-order valence-electron chi connectivity index (χ4n) is 1.58. The average molecular weight is 208 g/mol. The molecule has 0 fully saturated rings. The maximum Gasteiger partial charge on any atom is 0.158 e. The Balaban J connectivity index is 2.10. The van der Waals surface area contributed by atoms with Crippen LogP contribution in [0.1, 0.15) is 26.7 Å². The molecule has 0 N–H and O–H groups in total. The first-order chi connectivity index (χ1) is 7.18. The van der Waals surface area contributed by atoms with E-state index in [4.69, 9.17) is 4.74 Å². The first kappa shape index (κ1) is 12.2. The van der Waals surface area contributed by atoms with Gasteiger partial charge in [0.25, 0.3) is 0 Å². The van der Waals surface area contributed by atoms with E-state index in [1.807, 2.05) is 13.8 Å². The summed E-state index contributed by atoms with van der Waals surface area (Å²) in [6.07, 6.45) is 10.2. The number of allylic oxidation sites excluding steroid dienone is 2. The van der Waals surface area contributed by atoms with Crippen LogP contribution in [0.3, 0.4) is 0 Å². The second-order valence-corrected chi connectivity index (χ2v) is 4.41. The number of hydrogen-bond acceptors (Lipinski definition) is 2. The Morgan fingerprint density at radius 3 is 2.67 bits per heavy atom. The third kappa shape index (κ3) is 5.53. The van der Waals surface area contributed by atoms with E-state index in [0.29, 0.717) is 24.9 Å². The zero-order chi connectivity index (χ0) is 11.1. The molecule has 0 spiro atoms. The molecule has 0 saturated heterocycles. The average Bonchev–Trinajstić information content (AvgIpc) is 2.18. The van der Waals surface area contributed by atoms with Crippen molar-refractivity contribution in [2.24, 2.45) is 11.8 Å². The minimum Gasteiger partial charge on any atom is -0.373 e. The first-order valence-electron chi connectivity index (χ1n) is 5.61. The number of Topliss-reactive ketones (excluding diaryl/α,β-unsaturated/α-hetero) is 1. The molecule has 0 heterocycles. The molecule has 0 aromatic rings. The van der Waals surface area contributed by atoms with Gasteiger partial charge in [-0.25, -0.2) is 0 Å². The Bertz CT molecular complexity index is 239. The lowest BCUT2D eigenvalue weighted by Gasteiger charge is -2.11. The van der Waals surface area contributed by atoms with E-state index in [-0.39, 0.29) is 12.4 Å². The van der Waals surface area contributed by atoms with Crippen molar-refractivity contribution in [1.29, 1.82) is 0 Å². The molecule has 0 unspecified atom stereocenters. The molecule has 1 rings (SSSR count). The highest BCUT2D eigenvalue weighted by atomic mass is 16.5. The topological polar surface area (TPSA) is 26.3 Å². The summed E-state index contributed by atoms with van der Waals surface area (Å²) in [6, 6.07) is 0. The van der Waals surface area contributed by atoms with Crippen molar-refractivity contribution in [3.63, 3.8) is 0 Å². The van der Waals surface area contributed by atoms with E-state index in [0.717, 1.165) is 6.42 Å². The third-order valence-electron chi connectivity index (χ3n) is 2.25. The van der Waals surface area contributed by atoms with Crippen molar-refractivity contribution in [2.45, 2.75) is 26.7 Å². The number of ether oxygens (including phenoxy) is 1. The zero-order valence-electron chi connectivity index (χ0n) is 9.61. The van der Waals surface area contributed by atoms with Crippen molar-refractivity contribution < 1.29 is 9.53 Å². The second-order valence-electron chi connectivity index (χ2n) is 4.41. The second kappa shape index (κ2) is 6.57. The quantitative estimate of drug-likeness (QED) is 0.627. The number of carbonyl (C=O) groups is 1. The van der Waals surface area contributed by atoms with Gasteiger partial charge in [-0.15, -0.1) is 0 Å². The highest BCUT2D eigenvalue weighted by Gasteiger charge is 2.07. The fraction of sp³-hybridized carbons (Fsp3) is 0.615. The van der Waals surface area contributed by atoms with Gasteiger partial charge in [0.15, 0.2) is 5.78 Å². The first-order valence-corrected chi connectivity index (χ1v) is 5.61. The lowest BCUT2D eigenvalue weighted by atomic mass is 10.0. The van der Waals surface area contributed by atoms with Gasteiger partial charge in [-0.3, -0.25) is 4.79 Å². The minimum atomic E-state index is 0.203. The lowest BCUT2D eigenvalue weighted by molar-refractivity contribution is -0.124. The highest BCUT2D eigenvalue weighted by Crippen LogP contribution is 2.09. The molecule has 0 aromatic heterocycles. The van der Waals surface area contributed by atoms with E-state index in [2.05, 4.69) is 24.3 Å². The van der Waals surface area contributed by atoms with Crippen molar-refractivity contribution in [3.05, 3.63) is 24.3 Å². The number of carbonyl (C=O) groups excluding carboxylic acids is 1. The van der Waals surface area contributed by atoms with E-state index >= 15 is 0 Å². The molecule has 0 radical (unpaired) electrons. The van der Waals surface area contributed by atoms with Crippen LogP contribution < -0.4 is 0 Å². The Hall–Kier alpha value is -0.890. The van der Waals surface area contributed by atoms with Gasteiger partial charge < -0.3 is 4.74 Å². The lowest BCUT2D eigenvalue weighted by Crippen LogP contribution is -2.14. The van der Waals surface area contributed by atoms with Crippen LogP contribution in [-0.2, 0) is 9.53 Å². The molecule has 0 aliphatic heterocycles. The van der Waals surface area contributed by atoms with Crippen LogP contribution in [-0.4, -0.2) is 19.0 Å². The standard InChI is InChI=1S/C13H20O2/c1-11(2)8-13(14)10-15-9-12-6-4-3-5-7-12/h4-7,11-12H,3,8-10H2,1-2H3. The predicted octanol–water partition coefficient (Wildman–Crippen LogP) is 2.75. The summed E-state index contributed by atoms with van der Waals surface area (Å²) >= 11 is 0. The largest absolute Gasteiger partial charge is 0.373 e. The van der Waals surface area contributed by atoms with E-state index in [9.17, 15) is 4.79 Å². The number of rotatable bonds is 6. The minimum absolute atomic E-state index is 0.203. The van der Waals surface area contributed by atoms with Gasteiger partial charge in [0.05, 0.1) is 6.61 Å². The van der Waals surface area contributed by atoms with Crippen molar-refractivity contribution in [2.75, 3.05) is 13.2 Å². The summed E-state index contributed by atoms with van der Waals surface area (Å²) < 4.78 is 5.38. The summed E-state index contributed by atoms with van der Waals surface area (Å²) in [5, 5.41) is 0. The molecule has 84 valence electrons. The molecule has 0 bridgehead atoms. The van der Waals surface area contributed by atoms with Crippen molar-refractivity contribution in [3.8, 4) is 0 Å². The Labute approximate surface area is 92.0 Å². The third-order valence-corrected chi connectivity index (χ3v) is 2.25. The Morgan fingerprint density at radius 2 is 2.07 bits per heavy atom. The smallest absolute Gasteiger partial charge is 0.158 e. The Kier molecular flexibility index (Phi) is 5.33. The van der Waals surface area contributed by atoms with Crippen molar-refractivity contribution in [1.82, 2.24) is 0 Å². The summed E-state index contributed by atoms with van der Waals surface area (Å²) in [7, 11) is 0. The molecule has 1 aliphatic carbocycles. The van der Waals surface area contributed by atoms with E-state index in [1.165, 1.54) is 0 Å². The monoisotopic (exact) mass is 208 g/mol. The molecular formula is C13H20O2. The molecule has 1 aliphatic rings. The molecule has 15 heavy (non-hydrogen) atoms. The van der Waals surface area contributed by atoms with Crippen LogP contribution in [0.4, 0.5) is 0 Å². The molecule has 0 atom stereocenters. The number of hydrogen-bond donors (Lipinski definition) is 0. The molecule has 2 nitrogen and oxygen atoms in total. The van der Waals surface area contributed by atoms with Gasteiger partial charge in [-0.05, 0) is 12.3 Å². The van der Waals surface area contributed by atoms with Crippen LogP contribution in [0.25, 0.3) is 0 Å². The molecule has 0 saturated carbocycles. The summed E-state index contributed by atoms with van der Waals surface area (Å²) in [5.74, 6) is 0.981. The van der Waals surface area contributed by atoms with E-state index in [1.54, 1.807) is 0 Å². The van der Waals surface area contributed by atoms with Gasteiger partial charge in [0.1, 0.15) is 6.61 Å². The molecular weight excluding hydrogens is 188 g/mol. The van der Waals surface area contributed by atoms with Crippen LogP contribution in [0.15, 0.2) is 24.3 Å². The summed E-state index contributed by atoms with van der Waals surface area (Å²) in [4.78, 5) is 11.3. The predicted molar refractivity (Wildman–Crippen MR) is 61.7 cm³/mol. The van der Waals surface area contributed by atoms with Crippen LogP contribution >= 0.6 is 0 Å². The summed E-state index contributed by atoms with van der Waals surface area (Å²) in [6.45, 7) is 4.97. The van der Waals surface area contributed by atoms with Gasteiger partial charge >= 0.3 is 0 Å². The van der Waals surface area contributed by atoms with Gasteiger partial charge in [-0.2, -0.15) is 0 Å². The van der Waals surface area contributed by atoms with Crippen LogP contribution in [0, 0.1) is 11.8 Å². The van der Waals surface area contributed by atoms with Crippen LogP contribution in [0.5, 0.6) is 0 Å². The van der Waals surface area contributed by atoms with Crippen LogP contribution in [0.2, 0.25) is 0 Å². The maximum absolute atomic E-state index is 11.3. The maximum atomic E-state index is 11.3. The highest BCUT2D eigenvalue weighted by molar-refractivity contribution is 5.79. The SMILES string of the molecule is CC(C)CC(=O)COCC1C=CCC=C1. The van der Waals surface area contributed by atoms with Crippen molar-refractivity contribution >= 4 is 5.78 Å². The van der Waals surface area contributed by atoms with Gasteiger partial charge in [-0.1, -0.05) is 38.2 Å². The van der Waals surface area contributed by atoms with Gasteiger partial charge in [0.2, 0.25) is 0 Å². The molecule has 0 aromatic carbocycles. The molecule has 2 heteroatoms. The van der Waals surface area contributed by atoms with E-state index < -0.39 is 0 Å². The fourth-order valence-corrected chi connectivity index (χ4v) is 1.58. The Morgan fingerprint density at radius 1 is 1.40 bits per heavy atom. The normalized spacial score (nSPS) is 16.2. The zero-order valence-corrected chi connectivity index (χ0v) is 9.61.